The van der Waals surface area contributed by atoms with E-state index in [-0.39, 0.29) is 6.61 Å². The van der Waals surface area contributed by atoms with Crippen molar-refractivity contribution in [3.63, 3.8) is 0 Å². The number of ether oxygens (including phenoxy) is 1. The molecule has 0 bridgehead atoms. The molecule has 0 fully saturated rings. The van der Waals surface area contributed by atoms with Crippen LogP contribution in [-0.4, -0.2) is 42.9 Å². The lowest BCUT2D eigenvalue weighted by Gasteiger charge is -2.13. The normalized spacial score (nSPS) is 12.4. The largest absolute Gasteiger partial charge is 0.491 e. The van der Waals surface area contributed by atoms with Crippen LogP contribution in [0.3, 0.4) is 0 Å². The predicted octanol–water partition coefficient (Wildman–Crippen LogP) is 2.42. The third kappa shape index (κ3) is 7.11. The van der Waals surface area contributed by atoms with Crippen LogP contribution in [-0.2, 0) is 0 Å². The Balaban J connectivity index is 2.09. The third-order valence-corrected chi connectivity index (χ3v) is 3.29. The van der Waals surface area contributed by atoms with E-state index >= 15 is 0 Å². The van der Waals surface area contributed by atoms with Crippen LogP contribution in [0.1, 0.15) is 6.42 Å². The van der Waals surface area contributed by atoms with Crippen molar-refractivity contribution in [1.29, 1.82) is 0 Å². The summed E-state index contributed by atoms with van der Waals surface area (Å²) in [5.41, 5.74) is 0. The molecule has 2 N–H and O–H groups in total. The first-order valence-electron chi connectivity index (χ1n) is 5.98. The summed E-state index contributed by atoms with van der Waals surface area (Å²) in [5, 5.41) is 13.6. The monoisotopic (exact) mass is 289 g/mol. The highest BCUT2D eigenvalue weighted by molar-refractivity contribution is 7.98. The first-order chi connectivity index (χ1) is 8.72. The molecule has 0 aliphatic rings. The Morgan fingerprint density at radius 2 is 2.11 bits per heavy atom. The summed E-state index contributed by atoms with van der Waals surface area (Å²) in [4.78, 5) is 0. The highest BCUT2D eigenvalue weighted by atomic mass is 35.5. The summed E-state index contributed by atoms with van der Waals surface area (Å²) in [6, 6.07) is 7.12. The average Bonchev–Trinajstić information content (AvgIpc) is 2.38. The van der Waals surface area contributed by atoms with Crippen molar-refractivity contribution in [2.75, 3.05) is 31.7 Å². The number of aliphatic hydroxyl groups is 1. The van der Waals surface area contributed by atoms with E-state index < -0.39 is 6.10 Å². The lowest BCUT2D eigenvalue weighted by molar-refractivity contribution is 0.106. The maximum absolute atomic E-state index is 9.70. The van der Waals surface area contributed by atoms with Gasteiger partial charge in [-0.2, -0.15) is 11.8 Å². The number of halogens is 1. The molecule has 1 unspecified atom stereocenters. The number of rotatable bonds is 9. The maximum atomic E-state index is 9.70. The molecule has 1 aromatic rings. The minimum absolute atomic E-state index is 0.289. The van der Waals surface area contributed by atoms with Crippen LogP contribution in [0, 0.1) is 0 Å². The summed E-state index contributed by atoms with van der Waals surface area (Å²) < 4.78 is 5.45. The summed E-state index contributed by atoms with van der Waals surface area (Å²) in [5.74, 6) is 1.87. The molecule has 0 amide bonds. The highest BCUT2D eigenvalue weighted by Crippen LogP contribution is 2.15. The lowest BCUT2D eigenvalue weighted by Crippen LogP contribution is -2.32. The zero-order chi connectivity index (χ0) is 13.2. The van der Waals surface area contributed by atoms with Crippen LogP contribution in [0.2, 0.25) is 5.02 Å². The SMILES string of the molecule is CSCCCNCC(O)COc1ccc(Cl)cc1. The maximum Gasteiger partial charge on any atom is 0.119 e. The van der Waals surface area contributed by atoms with Gasteiger partial charge in [-0.25, -0.2) is 0 Å². The first kappa shape index (κ1) is 15.6. The Hall–Kier alpha value is -0.420. The molecule has 1 rings (SSSR count). The minimum Gasteiger partial charge on any atom is -0.491 e. The van der Waals surface area contributed by atoms with Crippen LogP contribution in [0.4, 0.5) is 0 Å². The number of thioether (sulfide) groups is 1. The Labute approximate surface area is 118 Å². The number of aliphatic hydroxyl groups excluding tert-OH is 1. The summed E-state index contributed by atoms with van der Waals surface area (Å²) in [7, 11) is 0. The first-order valence-corrected chi connectivity index (χ1v) is 7.75. The molecule has 0 radical (unpaired) electrons. The van der Waals surface area contributed by atoms with E-state index in [9.17, 15) is 5.11 Å². The number of hydrogen-bond acceptors (Lipinski definition) is 4. The van der Waals surface area contributed by atoms with Gasteiger partial charge >= 0.3 is 0 Å². The number of hydrogen-bond donors (Lipinski definition) is 2. The molecule has 1 atom stereocenters. The van der Waals surface area contributed by atoms with Crippen molar-refractivity contribution < 1.29 is 9.84 Å². The van der Waals surface area contributed by atoms with Gasteiger partial charge in [0.1, 0.15) is 18.5 Å². The smallest absolute Gasteiger partial charge is 0.119 e. The van der Waals surface area contributed by atoms with Gasteiger partial charge in [0.2, 0.25) is 0 Å². The van der Waals surface area contributed by atoms with E-state index in [4.69, 9.17) is 16.3 Å². The second-order valence-corrected chi connectivity index (χ2v) is 5.39. The van der Waals surface area contributed by atoms with Crippen LogP contribution < -0.4 is 10.1 Å². The fraction of sp³-hybridized carbons (Fsp3) is 0.538. The molecule has 1 aromatic carbocycles. The average molecular weight is 290 g/mol. The minimum atomic E-state index is -0.491. The van der Waals surface area contributed by atoms with Crippen LogP contribution in [0.25, 0.3) is 0 Å². The molecule has 0 saturated heterocycles. The summed E-state index contributed by atoms with van der Waals surface area (Å²) in [6.07, 6.45) is 2.72. The Bertz CT molecular complexity index is 321. The number of nitrogens with one attached hydrogen (secondary N) is 1. The quantitative estimate of drug-likeness (QED) is 0.685. The molecule has 0 heterocycles. The van der Waals surface area contributed by atoms with E-state index in [2.05, 4.69) is 11.6 Å². The van der Waals surface area contributed by atoms with Gasteiger partial charge < -0.3 is 15.2 Å². The highest BCUT2D eigenvalue weighted by Gasteiger charge is 2.04. The van der Waals surface area contributed by atoms with Gasteiger partial charge in [-0.1, -0.05) is 11.6 Å². The fourth-order valence-electron chi connectivity index (χ4n) is 1.39. The zero-order valence-electron chi connectivity index (χ0n) is 10.6. The molecule has 102 valence electrons. The fourth-order valence-corrected chi connectivity index (χ4v) is 1.95. The van der Waals surface area contributed by atoms with Crippen molar-refractivity contribution in [1.82, 2.24) is 5.32 Å². The van der Waals surface area contributed by atoms with Crippen LogP contribution >= 0.6 is 23.4 Å². The predicted molar refractivity (Wildman–Crippen MR) is 78.8 cm³/mol. The molecule has 0 aliphatic heterocycles. The summed E-state index contributed by atoms with van der Waals surface area (Å²) >= 11 is 7.60. The van der Waals surface area contributed by atoms with Crippen molar-refractivity contribution in [3.05, 3.63) is 29.3 Å². The molecule has 18 heavy (non-hydrogen) atoms. The molecular formula is C13H20ClNO2S. The van der Waals surface area contributed by atoms with E-state index in [0.717, 1.165) is 24.5 Å². The lowest BCUT2D eigenvalue weighted by atomic mass is 10.3. The number of benzene rings is 1. The van der Waals surface area contributed by atoms with Crippen molar-refractivity contribution in [2.24, 2.45) is 0 Å². The Morgan fingerprint density at radius 3 is 2.78 bits per heavy atom. The topological polar surface area (TPSA) is 41.5 Å². The van der Waals surface area contributed by atoms with E-state index in [1.165, 1.54) is 0 Å². The van der Waals surface area contributed by atoms with Crippen molar-refractivity contribution >= 4 is 23.4 Å². The standard InChI is InChI=1S/C13H20ClNO2S/c1-18-8-2-7-15-9-12(16)10-17-13-5-3-11(14)4-6-13/h3-6,12,15-16H,2,7-10H2,1H3. The van der Waals surface area contributed by atoms with Crippen molar-refractivity contribution in [2.45, 2.75) is 12.5 Å². The third-order valence-electron chi connectivity index (χ3n) is 2.34. The van der Waals surface area contributed by atoms with Crippen LogP contribution in [0.15, 0.2) is 24.3 Å². The molecule has 3 nitrogen and oxygen atoms in total. The molecular weight excluding hydrogens is 270 g/mol. The molecule has 5 heteroatoms. The van der Waals surface area contributed by atoms with Crippen molar-refractivity contribution in [3.8, 4) is 5.75 Å². The molecule has 0 saturated carbocycles. The molecule has 0 aromatic heterocycles. The van der Waals surface area contributed by atoms with Gasteiger partial charge in [-0.15, -0.1) is 0 Å². The molecule has 0 aliphatic carbocycles. The Morgan fingerprint density at radius 1 is 1.39 bits per heavy atom. The second kappa shape index (κ2) is 9.50. The van der Waals surface area contributed by atoms with Crippen LogP contribution in [0.5, 0.6) is 5.75 Å². The van der Waals surface area contributed by atoms with E-state index in [1.54, 1.807) is 24.3 Å². The van der Waals surface area contributed by atoms with Gasteiger partial charge in [0.05, 0.1) is 0 Å². The summed E-state index contributed by atoms with van der Waals surface area (Å²) in [6.45, 7) is 1.78. The second-order valence-electron chi connectivity index (χ2n) is 3.97. The van der Waals surface area contributed by atoms with Gasteiger partial charge in [-0.3, -0.25) is 0 Å². The van der Waals surface area contributed by atoms with Gasteiger partial charge in [0, 0.05) is 11.6 Å². The Kier molecular flexibility index (Phi) is 8.25. The van der Waals surface area contributed by atoms with E-state index in [0.29, 0.717) is 11.6 Å². The van der Waals surface area contributed by atoms with E-state index in [1.807, 2.05) is 11.8 Å². The van der Waals surface area contributed by atoms with Gasteiger partial charge in [0.15, 0.2) is 0 Å². The zero-order valence-corrected chi connectivity index (χ0v) is 12.1. The molecule has 0 spiro atoms. The van der Waals surface area contributed by atoms with Gasteiger partial charge in [-0.05, 0) is 49.2 Å². The van der Waals surface area contributed by atoms with Gasteiger partial charge in [0.25, 0.3) is 0 Å².